The molecular formula is C13H24F2O. The van der Waals surface area contributed by atoms with Crippen molar-refractivity contribution in [3.05, 3.63) is 0 Å². The highest BCUT2D eigenvalue weighted by atomic mass is 19.3. The Labute approximate surface area is 97.6 Å². The Balaban J connectivity index is 3.05. The van der Waals surface area contributed by atoms with Crippen LogP contribution in [0.4, 0.5) is 8.78 Å². The van der Waals surface area contributed by atoms with Gasteiger partial charge in [0, 0.05) is 12.5 Å². The number of alkyl halides is 2. The molecule has 0 aromatic heterocycles. The summed E-state index contributed by atoms with van der Waals surface area (Å²) in [5, 5.41) is 0. The molecule has 2 unspecified atom stereocenters. The summed E-state index contributed by atoms with van der Waals surface area (Å²) in [7, 11) is 0. The van der Waals surface area contributed by atoms with E-state index >= 15 is 0 Å². The van der Waals surface area contributed by atoms with Crippen molar-refractivity contribution in [2.75, 3.05) is 13.2 Å². The van der Waals surface area contributed by atoms with Crippen molar-refractivity contribution in [3.8, 4) is 0 Å². The van der Waals surface area contributed by atoms with E-state index in [1.807, 2.05) is 34.6 Å². The van der Waals surface area contributed by atoms with Gasteiger partial charge in [-0.2, -0.15) is 0 Å². The van der Waals surface area contributed by atoms with Crippen LogP contribution in [0, 0.1) is 23.2 Å². The maximum atomic E-state index is 14.1. The van der Waals surface area contributed by atoms with E-state index < -0.39 is 18.4 Å². The zero-order valence-electron chi connectivity index (χ0n) is 11.0. The molecule has 16 heavy (non-hydrogen) atoms. The zero-order chi connectivity index (χ0) is 12.6. The fourth-order valence-electron chi connectivity index (χ4n) is 2.99. The van der Waals surface area contributed by atoms with Crippen LogP contribution >= 0.6 is 0 Å². The lowest BCUT2D eigenvalue weighted by Gasteiger charge is -2.41. The van der Waals surface area contributed by atoms with Gasteiger partial charge in [-0.1, -0.05) is 34.6 Å². The van der Waals surface area contributed by atoms with Gasteiger partial charge in [-0.3, -0.25) is 0 Å². The van der Waals surface area contributed by atoms with Crippen molar-refractivity contribution < 1.29 is 13.5 Å². The van der Waals surface area contributed by atoms with Gasteiger partial charge in [-0.25, -0.2) is 8.78 Å². The smallest absolute Gasteiger partial charge is 0.274 e. The molecule has 1 aliphatic heterocycles. The van der Waals surface area contributed by atoms with Gasteiger partial charge in [0.25, 0.3) is 5.92 Å². The minimum Gasteiger partial charge on any atom is -0.375 e. The SMILES string of the molecule is CC(C)C1CCOCC(F)(F)C1C(C)(C)C. The molecule has 0 aromatic carbocycles. The Bertz CT molecular complexity index is 231. The standard InChI is InChI=1S/C13H24F2O/c1-9(2)10-6-7-16-8-13(14,15)11(10)12(3,4)5/h9-11H,6-8H2,1-5H3. The minimum atomic E-state index is -2.70. The van der Waals surface area contributed by atoms with Crippen molar-refractivity contribution in [3.63, 3.8) is 0 Å². The first-order valence-corrected chi connectivity index (χ1v) is 6.12. The molecule has 0 radical (unpaired) electrons. The minimum absolute atomic E-state index is 0.0394. The van der Waals surface area contributed by atoms with Crippen molar-refractivity contribution >= 4 is 0 Å². The summed E-state index contributed by atoms with van der Waals surface area (Å²) in [4.78, 5) is 0. The Morgan fingerprint density at radius 1 is 1.25 bits per heavy atom. The first-order chi connectivity index (χ1) is 7.16. The molecule has 96 valence electrons. The van der Waals surface area contributed by atoms with Crippen molar-refractivity contribution in [1.82, 2.24) is 0 Å². The Hall–Kier alpha value is -0.180. The second-order valence-corrected chi connectivity index (χ2v) is 6.35. The van der Waals surface area contributed by atoms with Crippen LogP contribution in [0.25, 0.3) is 0 Å². The van der Waals surface area contributed by atoms with Gasteiger partial charge in [0.15, 0.2) is 0 Å². The molecule has 3 heteroatoms. The molecule has 0 spiro atoms. The van der Waals surface area contributed by atoms with E-state index in [1.165, 1.54) is 0 Å². The number of hydrogen-bond acceptors (Lipinski definition) is 1. The highest BCUT2D eigenvalue weighted by Crippen LogP contribution is 2.48. The monoisotopic (exact) mass is 234 g/mol. The van der Waals surface area contributed by atoms with E-state index in [0.717, 1.165) is 6.42 Å². The average Bonchev–Trinajstić information content (AvgIpc) is 2.21. The molecule has 0 bridgehead atoms. The second-order valence-electron chi connectivity index (χ2n) is 6.35. The van der Waals surface area contributed by atoms with Gasteiger partial charge in [0.05, 0.1) is 0 Å². The second kappa shape index (κ2) is 4.59. The normalized spacial score (nSPS) is 31.5. The number of ether oxygens (including phenoxy) is 1. The van der Waals surface area contributed by atoms with Crippen molar-refractivity contribution in [1.29, 1.82) is 0 Å². The van der Waals surface area contributed by atoms with Gasteiger partial charge in [-0.15, -0.1) is 0 Å². The third-order valence-corrected chi connectivity index (χ3v) is 3.56. The molecule has 1 aliphatic rings. The molecule has 0 amide bonds. The lowest BCUT2D eigenvalue weighted by molar-refractivity contribution is -0.147. The summed E-state index contributed by atoms with van der Waals surface area (Å²) in [5.74, 6) is -2.99. The Morgan fingerprint density at radius 3 is 2.25 bits per heavy atom. The van der Waals surface area contributed by atoms with E-state index in [1.54, 1.807) is 0 Å². The van der Waals surface area contributed by atoms with E-state index in [4.69, 9.17) is 4.74 Å². The highest BCUT2D eigenvalue weighted by Gasteiger charge is 2.52. The molecule has 1 heterocycles. The summed E-state index contributed by atoms with van der Waals surface area (Å²) in [6.07, 6.45) is 0.745. The molecule has 2 atom stereocenters. The summed E-state index contributed by atoms with van der Waals surface area (Å²) in [6.45, 7) is 9.84. The van der Waals surface area contributed by atoms with Crippen LogP contribution < -0.4 is 0 Å². The van der Waals surface area contributed by atoms with Crippen molar-refractivity contribution in [2.24, 2.45) is 23.2 Å². The molecule has 0 aliphatic carbocycles. The molecular weight excluding hydrogens is 210 g/mol. The fraction of sp³-hybridized carbons (Fsp3) is 1.00. The molecule has 1 saturated heterocycles. The summed E-state index contributed by atoms with van der Waals surface area (Å²) in [5.41, 5.74) is -0.383. The van der Waals surface area contributed by atoms with Crippen LogP contribution in [0.5, 0.6) is 0 Å². The molecule has 1 fully saturated rings. The van der Waals surface area contributed by atoms with Crippen LogP contribution in [0.15, 0.2) is 0 Å². The van der Waals surface area contributed by atoms with Gasteiger partial charge in [-0.05, 0) is 23.7 Å². The number of halogens is 2. The van der Waals surface area contributed by atoms with Crippen LogP contribution in [0.3, 0.4) is 0 Å². The van der Waals surface area contributed by atoms with Gasteiger partial charge < -0.3 is 4.74 Å². The third-order valence-electron chi connectivity index (χ3n) is 3.56. The predicted molar refractivity (Wildman–Crippen MR) is 61.7 cm³/mol. The van der Waals surface area contributed by atoms with Gasteiger partial charge >= 0.3 is 0 Å². The quantitative estimate of drug-likeness (QED) is 0.667. The highest BCUT2D eigenvalue weighted by molar-refractivity contribution is 4.93. The predicted octanol–water partition coefficient (Wildman–Crippen LogP) is 3.98. The first-order valence-electron chi connectivity index (χ1n) is 6.12. The van der Waals surface area contributed by atoms with E-state index in [2.05, 4.69) is 0 Å². The number of hydrogen-bond donors (Lipinski definition) is 0. The molecule has 0 aromatic rings. The Kier molecular flexibility index (Phi) is 3.99. The van der Waals surface area contributed by atoms with Gasteiger partial charge in [0.2, 0.25) is 0 Å². The average molecular weight is 234 g/mol. The Morgan fingerprint density at radius 2 is 1.81 bits per heavy atom. The lowest BCUT2D eigenvalue weighted by Crippen LogP contribution is -2.45. The zero-order valence-corrected chi connectivity index (χ0v) is 11.0. The molecule has 1 nitrogen and oxygen atoms in total. The first kappa shape index (κ1) is 13.9. The van der Waals surface area contributed by atoms with Crippen LogP contribution in [-0.4, -0.2) is 19.1 Å². The molecule has 1 rings (SSSR count). The van der Waals surface area contributed by atoms with Crippen LogP contribution in [-0.2, 0) is 4.74 Å². The topological polar surface area (TPSA) is 9.23 Å². The van der Waals surface area contributed by atoms with Crippen molar-refractivity contribution in [2.45, 2.75) is 47.0 Å². The molecule has 0 N–H and O–H groups in total. The van der Waals surface area contributed by atoms with Gasteiger partial charge in [0.1, 0.15) is 6.61 Å². The van der Waals surface area contributed by atoms with Crippen LogP contribution in [0.1, 0.15) is 41.0 Å². The lowest BCUT2D eigenvalue weighted by atomic mass is 9.66. The van der Waals surface area contributed by atoms with E-state index in [-0.39, 0.29) is 17.3 Å². The van der Waals surface area contributed by atoms with E-state index in [9.17, 15) is 8.78 Å². The third kappa shape index (κ3) is 2.93. The maximum Gasteiger partial charge on any atom is 0.274 e. The largest absolute Gasteiger partial charge is 0.375 e. The summed E-state index contributed by atoms with van der Waals surface area (Å²) in [6, 6.07) is 0. The summed E-state index contributed by atoms with van der Waals surface area (Å²) < 4.78 is 33.3. The maximum absolute atomic E-state index is 14.1. The van der Waals surface area contributed by atoms with Crippen LogP contribution in [0.2, 0.25) is 0 Å². The fourth-order valence-corrected chi connectivity index (χ4v) is 2.99. The number of rotatable bonds is 1. The summed E-state index contributed by atoms with van der Waals surface area (Å²) >= 11 is 0. The van der Waals surface area contributed by atoms with E-state index in [0.29, 0.717) is 6.61 Å². The molecule has 0 saturated carbocycles.